The van der Waals surface area contributed by atoms with Gasteiger partial charge in [0.05, 0.1) is 17.0 Å². The molecule has 0 unspecified atom stereocenters. The smallest absolute Gasteiger partial charge is 0.340 e. The number of nitrogens with zero attached hydrogens (tertiary/aromatic N) is 1. The van der Waals surface area contributed by atoms with Crippen molar-refractivity contribution in [2.75, 3.05) is 5.32 Å². The Morgan fingerprint density at radius 2 is 2.09 bits per heavy atom. The highest BCUT2D eigenvalue weighted by Gasteiger charge is 2.19. The predicted octanol–water partition coefficient (Wildman–Crippen LogP) is 3.83. The fraction of sp³-hybridized carbons (Fsp3) is 0.0625. The molecule has 5 nitrogen and oxygen atoms in total. The van der Waals surface area contributed by atoms with E-state index in [4.69, 9.17) is 16.7 Å². The summed E-state index contributed by atoms with van der Waals surface area (Å²) in [4.78, 5) is 27.7. The van der Waals surface area contributed by atoms with Gasteiger partial charge in [0.15, 0.2) is 0 Å². The summed E-state index contributed by atoms with van der Waals surface area (Å²) in [5.41, 5.74) is 1.56. The van der Waals surface area contributed by atoms with Gasteiger partial charge < -0.3 is 10.4 Å². The number of hydrogen-bond donors (Lipinski definition) is 2. The second-order valence-corrected chi connectivity index (χ2v) is 6.09. The molecule has 0 spiro atoms. The fourth-order valence-electron chi connectivity index (χ4n) is 2.29. The lowest BCUT2D eigenvalue weighted by Crippen LogP contribution is -2.15. The van der Waals surface area contributed by atoms with Crippen LogP contribution in [0, 0.1) is 0 Å². The Kier molecular flexibility index (Phi) is 4.27. The third-order valence-electron chi connectivity index (χ3n) is 3.30. The van der Waals surface area contributed by atoms with E-state index in [1.165, 1.54) is 5.38 Å². The van der Waals surface area contributed by atoms with Crippen molar-refractivity contribution in [3.8, 4) is 0 Å². The van der Waals surface area contributed by atoms with Crippen LogP contribution in [0.5, 0.6) is 0 Å². The summed E-state index contributed by atoms with van der Waals surface area (Å²) in [5.74, 6) is -1.47. The number of aromatic carboxylic acids is 1. The van der Waals surface area contributed by atoms with Gasteiger partial charge in [0.2, 0.25) is 5.91 Å². The molecule has 1 aromatic carbocycles. The van der Waals surface area contributed by atoms with Crippen molar-refractivity contribution in [2.24, 2.45) is 0 Å². The number of fused-ring (bicyclic) bond motifs is 1. The molecule has 0 radical (unpaired) electrons. The molecule has 0 aliphatic carbocycles. The van der Waals surface area contributed by atoms with Gasteiger partial charge in [-0.05, 0) is 17.7 Å². The molecular formula is C16H11ClN2O3S. The van der Waals surface area contributed by atoms with Crippen LogP contribution in [0.1, 0.15) is 15.9 Å². The molecule has 0 bridgehead atoms. The van der Waals surface area contributed by atoms with Crippen LogP contribution < -0.4 is 5.32 Å². The summed E-state index contributed by atoms with van der Waals surface area (Å²) in [6.45, 7) is 0. The van der Waals surface area contributed by atoms with Crippen LogP contribution in [0.15, 0.2) is 41.9 Å². The summed E-state index contributed by atoms with van der Waals surface area (Å²) in [6, 6.07) is 9.27. The minimum atomic E-state index is -1.17. The first kappa shape index (κ1) is 15.5. The molecule has 116 valence electrons. The van der Waals surface area contributed by atoms with Gasteiger partial charge in [-0.2, -0.15) is 0 Å². The highest BCUT2D eigenvalue weighted by atomic mass is 35.5. The van der Waals surface area contributed by atoms with Crippen molar-refractivity contribution in [2.45, 2.75) is 6.42 Å². The van der Waals surface area contributed by atoms with Gasteiger partial charge in [0.25, 0.3) is 0 Å². The average Bonchev–Trinajstić information content (AvgIpc) is 2.88. The van der Waals surface area contributed by atoms with Crippen LogP contribution in [-0.2, 0) is 11.2 Å². The molecular weight excluding hydrogens is 336 g/mol. The Morgan fingerprint density at radius 3 is 2.87 bits per heavy atom. The first-order valence-corrected chi connectivity index (χ1v) is 7.95. The van der Waals surface area contributed by atoms with Gasteiger partial charge in [0.1, 0.15) is 10.6 Å². The Bertz CT molecular complexity index is 902. The normalized spacial score (nSPS) is 10.7. The van der Waals surface area contributed by atoms with E-state index in [0.29, 0.717) is 0 Å². The zero-order chi connectivity index (χ0) is 16.4. The SMILES string of the molecule is O=C(Cc1cccc2ncccc12)Nc1scc(Cl)c1C(=O)O. The van der Waals surface area contributed by atoms with E-state index >= 15 is 0 Å². The molecule has 0 aliphatic rings. The molecule has 23 heavy (non-hydrogen) atoms. The fourth-order valence-corrected chi connectivity index (χ4v) is 3.49. The minimum Gasteiger partial charge on any atom is -0.478 e. The summed E-state index contributed by atoms with van der Waals surface area (Å²) in [5, 5.41) is 14.5. The molecule has 7 heteroatoms. The third-order valence-corrected chi connectivity index (χ3v) is 4.62. The van der Waals surface area contributed by atoms with E-state index in [1.807, 2.05) is 30.3 Å². The third kappa shape index (κ3) is 3.18. The highest BCUT2D eigenvalue weighted by Crippen LogP contribution is 2.32. The maximum absolute atomic E-state index is 12.2. The van der Waals surface area contributed by atoms with Gasteiger partial charge in [0, 0.05) is 17.0 Å². The van der Waals surface area contributed by atoms with Crippen molar-refractivity contribution < 1.29 is 14.7 Å². The number of carbonyl (C=O) groups excluding carboxylic acids is 1. The molecule has 0 saturated heterocycles. The number of aromatic nitrogens is 1. The average molecular weight is 347 g/mol. The van der Waals surface area contributed by atoms with Crippen molar-refractivity contribution in [1.82, 2.24) is 4.98 Å². The Labute approximate surface area is 140 Å². The van der Waals surface area contributed by atoms with Crippen molar-refractivity contribution in [3.05, 3.63) is 58.1 Å². The Morgan fingerprint density at radius 1 is 1.26 bits per heavy atom. The maximum Gasteiger partial charge on any atom is 0.340 e. The number of carboxylic acids is 1. The number of hydrogen-bond acceptors (Lipinski definition) is 4. The number of halogens is 1. The van der Waals surface area contributed by atoms with Gasteiger partial charge in [-0.3, -0.25) is 9.78 Å². The van der Waals surface area contributed by atoms with Crippen LogP contribution in [0.4, 0.5) is 5.00 Å². The highest BCUT2D eigenvalue weighted by molar-refractivity contribution is 7.15. The summed E-state index contributed by atoms with van der Waals surface area (Å²) < 4.78 is 0. The lowest BCUT2D eigenvalue weighted by molar-refractivity contribution is -0.115. The molecule has 0 aliphatic heterocycles. The predicted molar refractivity (Wildman–Crippen MR) is 90.4 cm³/mol. The van der Waals surface area contributed by atoms with Crippen LogP contribution in [0.25, 0.3) is 10.9 Å². The maximum atomic E-state index is 12.2. The second kappa shape index (κ2) is 6.36. The largest absolute Gasteiger partial charge is 0.478 e. The molecule has 3 aromatic rings. The number of thiophene rings is 1. The number of carboxylic acid groups (broad SMARTS) is 1. The molecule has 2 N–H and O–H groups in total. The number of anilines is 1. The van der Waals surface area contributed by atoms with Crippen LogP contribution in [-0.4, -0.2) is 22.0 Å². The molecule has 2 aromatic heterocycles. The monoisotopic (exact) mass is 346 g/mol. The first-order chi connectivity index (χ1) is 11.1. The number of carbonyl (C=O) groups is 2. The van der Waals surface area contributed by atoms with E-state index in [2.05, 4.69) is 10.3 Å². The van der Waals surface area contributed by atoms with Gasteiger partial charge >= 0.3 is 5.97 Å². The quantitative estimate of drug-likeness (QED) is 0.752. The van der Waals surface area contributed by atoms with Crippen molar-refractivity contribution >= 4 is 50.7 Å². The minimum absolute atomic E-state index is 0.0791. The van der Waals surface area contributed by atoms with Crippen molar-refractivity contribution in [1.29, 1.82) is 0 Å². The number of pyridine rings is 1. The number of amides is 1. The van der Waals surface area contributed by atoms with E-state index in [-0.39, 0.29) is 27.9 Å². The van der Waals surface area contributed by atoms with E-state index < -0.39 is 5.97 Å². The van der Waals surface area contributed by atoms with E-state index in [0.717, 1.165) is 27.8 Å². The zero-order valence-electron chi connectivity index (χ0n) is 11.7. The summed E-state index contributed by atoms with van der Waals surface area (Å²) >= 11 is 6.92. The molecule has 2 heterocycles. The van der Waals surface area contributed by atoms with Gasteiger partial charge in [-0.1, -0.05) is 29.8 Å². The van der Waals surface area contributed by atoms with Crippen molar-refractivity contribution in [3.63, 3.8) is 0 Å². The molecule has 0 saturated carbocycles. The summed E-state index contributed by atoms with van der Waals surface area (Å²) in [6.07, 6.45) is 1.82. The lowest BCUT2D eigenvalue weighted by Gasteiger charge is -2.07. The summed E-state index contributed by atoms with van der Waals surface area (Å²) in [7, 11) is 0. The number of benzene rings is 1. The van der Waals surface area contributed by atoms with E-state index in [9.17, 15) is 9.59 Å². The number of rotatable bonds is 4. The standard InChI is InChI=1S/C16H11ClN2O3S/c17-11-8-23-15(14(11)16(21)22)19-13(20)7-9-3-1-5-12-10(9)4-2-6-18-12/h1-6,8H,7H2,(H,19,20)(H,21,22). The Hall–Kier alpha value is -2.44. The molecule has 0 fully saturated rings. The number of nitrogens with one attached hydrogen (secondary N) is 1. The topological polar surface area (TPSA) is 79.3 Å². The van der Waals surface area contributed by atoms with Crippen LogP contribution in [0.2, 0.25) is 5.02 Å². The lowest BCUT2D eigenvalue weighted by atomic mass is 10.1. The molecule has 1 amide bonds. The molecule has 3 rings (SSSR count). The van der Waals surface area contributed by atoms with E-state index in [1.54, 1.807) is 6.20 Å². The van der Waals surface area contributed by atoms with Crippen LogP contribution >= 0.6 is 22.9 Å². The zero-order valence-corrected chi connectivity index (χ0v) is 13.3. The molecule has 0 atom stereocenters. The van der Waals surface area contributed by atoms with Crippen LogP contribution in [0.3, 0.4) is 0 Å². The first-order valence-electron chi connectivity index (χ1n) is 6.69. The van der Waals surface area contributed by atoms with Gasteiger partial charge in [-0.15, -0.1) is 11.3 Å². The Balaban J connectivity index is 1.84. The second-order valence-electron chi connectivity index (χ2n) is 4.81. The van der Waals surface area contributed by atoms with Gasteiger partial charge in [-0.25, -0.2) is 4.79 Å².